The van der Waals surface area contributed by atoms with Gasteiger partial charge in [-0.25, -0.2) is 0 Å². The lowest BCUT2D eigenvalue weighted by Gasteiger charge is -2.18. The molecule has 1 saturated carbocycles. The molecule has 0 saturated heterocycles. The van der Waals surface area contributed by atoms with Gasteiger partial charge in [0.2, 0.25) is 0 Å². The first-order valence-electron chi connectivity index (χ1n) is 6.13. The number of halogens is 1. The largest absolute Gasteiger partial charge is 0.398 e. The number of anilines is 1. The van der Waals surface area contributed by atoms with Crippen molar-refractivity contribution in [2.75, 3.05) is 5.73 Å². The molecule has 2 aliphatic carbocycles. The van der Waals surface area contributed by atoms with Crippen molar-refractivity contribution in [1.29, 1.82) is 0 Å². The molecule has 2 aliphatic rings. The highest BCUT2D eigenvalue weighted by Gasteiger charge is 2.40. The minimum atomic E-state index is 0.628. The van der Waals surface area contributed by atoms with Gasteiger partial charge < -0.3 is 5.73 Å². The molecule has 0 amide bonds. The molecule has 1 fully saturated rings. The van der Waals surface area contributed by atoms with Gasteiger partial charge in [0.25, 0.3) is 0 Å². The van der Waals surface area contributed by atoms with Gasteiger partial charge in [0, 0.05) is 28.2 Å². The number of fused-ring (bicyclic) bond motifs is 6. The summed E-state index contributed by atoms with van der Waals surface area (Å²) in [4.78, 5) is 4.80. The van der Waals surface area contributed by atoms with E-state index in [9.17, 15) is 0 Å². The molecule has 86 valence electrons. The second-order valence-corrected chi connectivity index (χ2v) is 5.57. The third kappa shape index (κ3) is 1.14. The summed E-state index contributed by atoms with van der Waals surface area (Å²) in [6, 6.07) is 5.84. The number of rotatable bonds is 0. The monoisotopic (exact) mass is 244 g/mol. The van der Waals surface area contributed by atoms with Crippen molar-refractivity contribution >= 4 is 28.2 Å². The molecule has 3 heteroatoms. The first-order valence-corrected chi connectivity index (χ1v) is 6.51. The number of benzene rings is 1. The van der Waals surface area contributed by atoms with Crippen LogP contribution in [-0.4, -0.2) is 4.98 Å². The van der Waals surface area contributed by atoms with E-state index in [4.69, 9.17) is 22.3 Å². The van der Waals surface area contributed by atoms with E-state index in [-0.39, 0.29) is 0 Å². The van der Waals surface area contributed by atoms with Crippen molar-refractivity contribution in [1.82, 2.24) is 4.98 Å². The lowest BCUT2D eigenvalue weighted by molar-refractivity contribution is 0.702. The van der Waals surface area contributed by atoms with Gasteiger partial charge in [0.15, 0.2) is 0 Å². The molecule has 0 unspecified atom stereocenters. The van der Waals surface area contributed by atoms with Crippen LogP contribution < -0.4 is 5.73 Å². The third-order valence-corrected chi connectivity index (χ3v) is 4.61. The molecule has 2 atom stereocenters. The average molecular weight is 245 g/mol. The predicted octanol–water partition coefficient (Wildman–Crippen LogP) is 3.84. The average Bonchev–Trinajstić information content (AvgIpc) is 2.89. The molecule has 1 aromatic carbocycles. The summed E-state index contributed by atoms with van der Waals surface area (Å²) in [6.07, 6.45) is 3.77. The Balaban J connectivity index is 2.14. The van der Waals surface area contributed by atoms with Gasteiger partial charge in [0.05, 0.1) is 10.5 Å². The van der Waals surface area contributed by atoms with Crippen LogP contribution in [0.25, 0.3) is 10.9 Å². The van der Waals surface area contributed by atoms with Crippen molar-refractivity contribution in [2.24, 2.45) is 0 Å². The van der Waals surface area contributed by atoms with Gasteiger partial charge in [-0.15, -0.1) is 0 Å². The molecule has 2 nitrogen and oxygen atoms in total. The highest BCUT2D eigenvalue weighted by Crippen LogP contribution is 2.55. The van der Waals surface area contributed by atoms with Crippen LogP contribution in [0, 0.1) is 0 Å². The summed E-state index contributed by atoms with van der Waals surface area (Å²) in [7, 11) is 0. The Labute approximate surface area is 105 Å². The molecule has 2 aromatic rings. The van der Waals surface area contributed by atoms with Gasteiger partial charge in [-0.1, -0.05) is 17.7 Å². The summed E-state index contributed by atoms with van der Waals surface area (Å²) in [5, 5.41) is 1.67. The molecule has 0 aliphatic heterocycles. The summed E-state index contributed by atoms with van der Waals surface area (Å²) in [5.74, 6) is 1.27. The number of nitrogens with zero attached hydrogens (tertiary/aromatic N) is 1. The van der Waals surface area contributed by atoms with E-state index in [2.05, 4.69) is 0 Å². The Morgan fingerprint density at radius 1 is 1.24 bits per heavy atom. The van der Waals surface area contributed by atoms with Gasteiger partial charge in [0.1, 0.15) is 0 Å². The lowest BCUT2D eigenvalue weighted by Crippen LogP contribution is -2.06. The van der Waals surface area contributed by atoms with Gasteiger partial charge in [-0.05, 0) is 37.3 Å². The summed E-state index contributed by atoms with van der Waals surface area (Å²) < 4.78 is 0. The normalized spacial score (nSPS) is 25.5. The van der Waals surface area contributed by atoms with Crippen molar-refractivity contribution in [3.05, 3.63) is 34.5 Å². The Bertz CT molecular complexity index is 636. The lowest BCUT2D eigenvalue weighted by atomic mass is 9.93. The number of pyridine rings is 1. The molecule has 1 aromatic heterocycles. The number of aromatic nitrogens is 1. The zero-order chi connectivity index (χ0) is 11.6. The van der Waals surface area contributed by atoms with E-state index in [1.807, 2.05) is 18.2 Å². The number of hydrogen-bond acceptors (Lipinski definition) is 2. The van der Waals surface area contributed by atoms with E-state index in [1.165, 1.54) is 30.5 Å². The second kappa shape index (κ2) is 3.14. The van der Waals surface area contributed by atoms with Crippen LogP contribution in [0.4, 0.5) is 5.69 Å². The van der Waals surface area contributed by atoms with Crippen molar-refractivity contribution in [3.8, 4) is 0 Å². The molecular weight excluding hydrogens is 232 g/mol. The minimum absolute atomic E-state index is 0.628. The molecule has 0 spiro atoms. The fraction of sp³-hybridized carbons (Fsp3) is 0.357. The molecule has 1 heterocycles. The number of nitrogens with two attached hydrogens (primary N) is 1. The van der Waals surface area contributed by atoms with Gasteiger partial charge >= 0.3 is 0 Å². The standard InChI is InChI=1S/C14H13ClN2/c15-9-2-1-3-10-12(9)13(16)11-7-4-5-8(6-7)14(11)17-10/h1-3,7-8H,4-6H2,(H2,16,17)/t7-,8-/m0/s1. The SMILES string of the molecule is Nc1c2c(nc3cccc(Cl)c13)[C@H]1CC[C@H]2C1. The maximum atomic E-state index is 6.33. The molecule has 2 bridgehead atoms. The highest BCUT2D eigenvalue weighted by molar-refractivity contribution is 6.36. The smallest absolute Gasteiger partial charge is 0.0741 e. The van der Waals surface area contributed by atoms with Crippen LogP contribution in [0.2, 0.25) is 5.02 Å². The molecule has 17 heavy (non-hydrogen) atoms. The van der Waals surface area contributed by atoms with E-state index in [0.717, 1.165) is 21.6 Å². The molecule has 2 N–H and O–H groups in total. The van der Waals surface area contributed by atoms with E-state index >= 15 is 0 Å². The van der Waals surface area contributed by atoms with E-state index in [0.29, 0.717) is 11.8 Å². The van der Waals surface area contributed by atoms with Crippen molar-refractivity contribution in [3.63, 3.8) is 0 Å². The van der Waals surface area contributed by atoms with Gasteiger partial charge in [-0.3, -0.25) is 4.98 Å². The van der Waals surface area contributed by atoms with Crippen LogP contribution in [0.15, 0.2) is 18.2 Å². The zero-order valence-corrected chi connectivity index (χ0v) is 10.2. The fourth-order valence-corrected chi connectivity index (χ4v) is 3.84. The summed E-state index contributed by atoms with van der Waals surface area (Å²) in [6.45, 7) is 0. The van der Waals surface area contributed by atoms with Crippen LogP contribution in [0.5, 0.6) is 0 Å². The van der Waals surface area contributed by atoms with E-state index < -0.39 is 0 Å². The van der Waals surface area contributed by atoms with E-state index in [1.54, 1.807) is 0 Å². The predicted molar refractivity (Wildman–Crippen MR) is 70.5 cm³/mol. The topological polar surface area (TPSA) is 38.9 Å². The summed E-state index contributed by atoms with van der Waals surface area (Å²) >= 11 is 6.25. The molecular formula is C14H13ClN2. The summed E-state index contributed by atoms with van der Waals surface area (Å²) in [5.41, 5.74) is 10.7. The molecule has 4 rings (SSSR count). The maximum absolute atomic E-state index is 6.33. The first-order chi connectivity index (χ1) is 8.25. The zero-order valence-electron chi connectivity index (χ0n) is 9.41. The van der Waals surface area contributed by atoms with Crippen molar-refractivity contribution < 1.29 is 0 Å². The van der Waals surface area contributed by atoms with Gasteiger partial charge in [-0.2, -0.15) is 0 Å². The third-order valence-electron chi connectivity index (χ3n) is 4.30. The fourth-order valence-electron chi connectivity index (χ4n) is 3.57. The van der Waals surface area contributed by atoms with Crippen LogP contribution >= 0.6 is 11.6 Å². The van der Waals surface area contributed by atoms with Crippen LogP contribution in [0.1, 0.15) is 42.4 Å². The maximum Gasteiger partial charge on any atom is 0.0741 e. The number of hydrogen-bond donors (Lipinski definition) is 1. The van der Waals surface area contributed by atoms with Crippen LogP contribution in [-0.2, 0) is 0 Å². The number of nitrogen functional groups attached to an aromatic ring is 1. The highest BCUT2D eigenvalue weighted by atomic mass is 35.5. The minimum Gasteiger partial charge on any atom is -0.398 e. The Morgan fingerprint density at radius 3 is 2.94 bits per heavy atom. The van der Waals surface area contributed by atoms with Crippen molar-refractivity contribution in [2.45, 2.75) is 31.1 Å². The molecule has 0 radical (unpaired) electrons. The van der Waals surface area contributed by atoms with Crippen LogP contribution in [0.3, 0.4) is 0 Å². The Morgan fingerprint density at radius 2 is 2.06 bits per heavy atom. The quantitative estimate of drug-likeness (QED) is 0.765. The first kappa shape index (κ1) is 9.72. The second-order valence-electron chi connectivity index (χ2n) is 5.17. The Kier molecular flexibility index (Phi) is 1.79. The Hall–Kier alpha value is -1.28.